The van der Waals surface area contributed by atoms with Gasteiger partial charge in [0.05, 0.1) is 4.88 Å². The molecule has 0 radical (unpaired) electrons. The molecule has 2 aromatic rings. The van der Waals surface area contributed by atoms with E-state index in [0.29, 0.717) is 16.1 Å². The van der Waals surface area contributed by atoms with Crippen LogP contribution in [0.2, 0.25) is 0 Å². The molecule has 2 rings (SSSR count). The zero-order valence-corrected chi connectivity index (χ0v) is 11.0. The van der Waals surface area contributed by atoms with E-state index in [1.165, 1.54) is 18.3 Å². The number of carbonyl (C=O) groups excluding carboxylic acids is 2. The molecule has 0 saturated heterocycles. The lowest BCUT2D eigenvalue weighted by molar-refractivity contribution is 0.101. The predicted octanol–water partition coefficient (Wildman–Crippen LogP) is 3.51. The fraction of sp³-hybridized carbons (Fsp3) is 0.143. The number of hydrogen-bond donors (Lipinski definition) is 1. The Morgan fingerprint density at radius 2 is 1.78 bits per heavy atom. The Kier molecular flexibility index (Phi) is 3.58. The van der Waals surface area contributed by atoms with Gasteiger partial charge in [-0.25, -0.2) is 0 Å². The van der Waals surface area contributed by atoms with Crippen molar-refractivity contribution < 1.29 is 9.59 Å². The summed E-state index contributed by atoms with van der Waals surface area (Å²) >= 11 is 1.42. The molecular formula is C14H13NO2S. The molecule has 1 amide bonds. The number of nitrogens with one attached hydrogen (secondary N) is 1. The second-order valence-corrected chi connectivity index (χ2v) is 4.94. The number of rotatable bonds is 3. The Morgan fingerprint density at radius 1 is 1.11 bits per heavy atom. The van der Waals surface area contributed by atoms with Gasteiger partial charge in [0.25, 0.3) is 5.91 Å². The second-order valence-electron chi connectivity index (χ2n) is 4.02. The number of amides is 1. The third-order valence-electron chi connectivity index (χ3n) is 2.62. The number of thiophene rings is 1. The molecule has 1 N–H and O–H groups in total. The quantitative estimate of drug-likeness (QED) is 0.857. The van der Waals surface area contributed by atoms with Crippen molar-refractivity contribution in [2.24, 2.45) is 0 Å². The maximum absolute atomic E-state index is 11.9. The van der Waals surface area contributed by atoms with Gasteiger partial charge in [-0.1, -0.05) is 0 Å². The first kappa shape index (κ1) is 12.5. The van der Waals surface area contributed by atoms with Gasteiger partial charge in [0.1, 0.15) is 0 Å². The van der Waals surface area contributed by atoms with E-state index in [2.05, 4.69) is 5.32 Å². The molecule has 92 valence electrons. The summed E-state index contributed by atoms with van der Waals surface area (Å²) in [7, 11) is 0. The van der Waals surface area contributed by atoms with Crippen molar-refractivity contribution >= 4 is 28.7 Å². The van der Waals surface area contributed by atoms with Crippen LogP contribution in [-0.4, -0.2) is 11.7 Å². The predicted molar refractivity (Wildman–Crippen MR) is 73.5 cm³/mol. The largest absolute Gasteiger partial charge is 0.321 e. The van der Waals surface area contributed by atoms with Crippen molar-refractivity contribution in [2.75, 3.05) is 5.32 Å². The van der Waals surface area contributed by atoms with Crippen LogP contribution in [-0.2, 0) is 0 Å². The first-order valence-corrected chi connectivity index (χ1v) is 6.42. The SMILES string of the molecule is CC(=O)c1ccc(NC(=O)c2sccc2C)cc1. The Balaban J connectivity index is 2.13. The fourth-order valence-corrected chi connectivity index (χ4v) is 2.40. The number of anilines is 1. The molecular weight excluding hydrogens is 246 g/mol. The van der Waals surface area contributed by atoms with Crippen molar-refractivity contribution in [3.8, 4) is 0 Å². The highest BCUT2D eigenvalue weighted by atomic mass is 32.1. The number of carbonyl (C=O) groups is 2. The van der Waals surface area contributed by atoms with Crippen molar-refractivity contribution in [1.82, 2.24) is 0 Å². The van der Waals surface area contributed by atoms with E-state index in [4.69, 9.17) is 0 Å². The van der Waals surface area contributed by atoms with Gasteiger partial charge in [-0.3, -0.25) is 9.59 Å². The zero-order chi connectivity index (χ0) is 13.1. The fourth-order valence-electron chi connectivity index (χ4n) is 1.58. The maximum atomic E-state index is 11.9. The topological polar surface area (TPSA) is 46.2 Å². The van der Waals surface area contributed by atoms with Crippen LogP contribution in [0.5, 0.6) is 0 Å². The first-order valence-electron chi connectivity index (χ1n) is 5.54. The number of aryl methyl sites for hydroxylation is 1. The van der Waals surface area contributed by atoms with Crippen molar-refractivity contribution in [3.63, 3.8) is 0 Å². The molecule has 0 aliphatic heterocycles. The molecule has 4 heteroatoms. The molecule has 1 aromatic heterocycles. The lowest BCUT2D eigenvalue weighted by atomic mass is 10.1. The second kappa shape index (κ2) is 5.14. The van der Waals surface area contributed by atoms with Gasteiger partial charge in [0.15, 0.2) is 5.78 Å². The average Bonchev–Trinajstić information content (AvgIpc) is 2.76. The van der Waals surface area contributed by atoms with E-state index in [9.17, 15) is 9.59 Å². The van der Waals surface area contributed by atoms with Crippen LogP contribution in [0, 0.1) is 6.92 Å². The third kappa shape index (κ3) is 2.65. The summed E-state index contributed by atoms with van der Waals surface area (Å²) in [6.45, 7) is 3.42. The molecule has 0 spiro atoms. The summed E-state index contributed by atoms with van der Waals surface area (Å²) in [5.74, 6) is -0.0972. The van der Waals surface area contributed by atoms with Crippen LogP contribution in [0.4, 0.5) is 5.69 Å². The first-order chi connectivity index (χ1) is 8.58. The summed E-state index contributed by atoms with van der Waals surface area (Å²) in [6, 6.07) is 8.80. The standard InChI is InChI=1S/C14H13NO2S/c1-9-7-8-18-13(9)14(17)15-12-5-3-11(4-6-12)10(2)16/h3-8H,1-2H3,(H,15,17). The molecule has 0 atom stereocenters. The lowest BCUT2D eigenvalue weighted by Gasteiger charge is -2.05. The number of ketones is 1. The van der Waals surface area contributed by atoms with Gasteiger partial charge in [-0.2, -0.15) is 0 Å². The lowest BCUT2D eigenvalue weighted by Crippen LogP contribution is -2.11. The average molecular weight is 259 g/mol. The van der Waals surface area contributed by atoms with E-state index in [-0.39, 0.29) is 11.7 Å². The van der Waals surface area contributed by atoms with Gasteiger partial charge >= 0.3 is 0 Å². The highest BCUT2D eigenvalue weighted by Gasteiger charge is 2.10. The van der Waals surface area contributed by atoms with Crippen molar-refractivity contribution in [2.45, 2.75) is 13.8 Å². The molecule has 0 fully saturated rings. The van der Waals surface area contributed by atoms with E-state index < -0.39 is 0 Å². The zero-order valence-electron chi connectivity index (χ0n) is 10.2. The Labute approximate surface area is 109 Å². The molecule has 1 aromatic carbocycles. The number of benzene rings is 1. The van der Waals surface area contributed by atoms with Crippen LogP contribution < -0.4 is 5.32 Å². The normalized spacial score (nSPS) is 10.1. The number of hydrogen-bond acceptors (Lipinski definition) is 3. The molecule has 0 aliphatic carbocycles. The van der Waals surface area contributed by atoms with E-state index in [1.807, 2.05) is 18.4 Å². The summed E-state index contributed by atoms with van der Waals surface area (Å²) in [5.41, 5.74) is 2.30. The minimum Gasteiger partial charge on any atom is -0.321 e. The van der Waals surface area contributed by atoms with Crippen LogP contribution in [0.25, 0.3) is 0 Å². The Bertz CT molecular complexity index is 584. The van der Waals surface area contributed by atoms with Gasteiger partial charge in [0.2, 0.25) is 0 Å². The Hall–Kier alpha value is -1.94. The highest BCUT2D eigenvalue weighted by molar-refractivity contribution is 7.12. The van der Waals surface area contributed by atoms with Crippen molar-refractivity contribution in [3.05, 3.63) is 51.7 Å². The van der Waals surface area contributed by atoms with E-state index in [0.717, 1.165) is 5.56 Å². The molecule has 3 nitrogen and oxygen atoms in total. The summed E-state index contributed by atoms with van der Waals surface area (Å²) in [5, 5.41) is 4.70. The molecule has 18 heavy (non-hydrogen) atoms. The monoisotopic (exact) mass is 259 g/mol. The summed E-state index contributed by atoms with van der Waals surface area (Å²) in [4.78, 5) is 23.8. The number of Topliss-reactive ketones (excluding diaryl/α,β-unsaturated/α-hetero) is 1. The van der Waals surface area contributed by atoms with Crippen LogP contribution >= 0.6 is 11.3 Å². The molecule has 1 heterocycles. The molecule has 0 bridgehead atoms. The minimum absolute atomic E-state index is 0.0157. The van der Waals surface area contributed by atoms with Crippen LogP contribution in [0.15, 0.2) is 35.7 Å². The smallest absolute Gasteiger partial charge is 0.265 e. The van der Waals surface area contributed by atoms with Gasteiger partial charge in [-0.05, 0) is 55.1 Å². The summed E-state index contributed by atoms with van der Waals surface area (Å²) in [6.07, 6.45) is 0. The molecule has 0 saturated carbocycles. The van der Waals surface area contributed by atoms with Gasteiger partial charge < -0.3 is 5.32 Å². The highest BCUT2D eigenvalue weighted by Crippen LogP contribution is 2.18. The summed E-state index contributed by atoms with van der Waals surface area (Å²) < 4.78 is 0. The molecule has 0 aliphatic rings. The molecule has 0 unspecified atom stereocenters. The van der Waals surface area contributed by atoms with E-state index in [1.54, 1.807) is 24.3 Å². The van der Waals surface area contributed by atoms with Crippen molar-refractivity contribution in [1.29, 1.82) is 0 Å². The van der Waals surface area contributed by atoms with Gasteiger partial charge in [-0.15, -0.1) is 11.3 Å². The Morgan fingerprint density at radius 3 is 2.28 bits per heavy atom. The minimum atomic E-state index is -0.113. The van der Waals surface area contributed by atoms with Gasteiger partial charge in [0, 0.05) is 11.3 Å². The van der Waals surface area contributed by atoms with E-state index >= 15 is 0 Å². The third-order valence-corrected chi connectivity index (χ3v) is 3.63. The maximum Gasteiger partial charge on any atom is 0.265 e. The van der Waals surface area contributed by atoms with Crippen LogP contribution in [0.1, 0.15) is 32.5 Å². The van der Waals surface area contributed by atoms with Crippen LogP contribution in [0.3, 0.4) is 0 Å².